The Hall–Kier alpha value is -1.61. The van der Waals surface area contributed by atoms with Crippen LogP contribution in [0.4, 0.5) is 0 Å². The van der Waals surface area contributed by atoms with Crippen LogP contribution in [0.15, 0.2) is 30.3 Å². The fourth-order valence-corrected chi connectivity index (χ4v) is 3.14. The second-order valence-electron chi connectivity index (χ2n) is 5.49. The van der Waals surface area contributed by atoms with Crippen LogP contribution >= 0.6 is 0 Å². The number of imidazole rings is 1. The first-order valence-electron chi connectivity index (χ1n) is 7.11. The van der Waals surface area contributed by atoms with Gasteiger partial charge < -0.3 is 10.3 Å². The van der Waals surface area contributed by atoms with E-state index in [2.05, 4.69) is 42.7 Å². The van der Waals surface area contributed by atoms with Crippen molar-refractivity contribution in [1.29, 1.82) is 0 Å². The number of nitrogens with two attached hydrogens (primary N) is 1. The molecule has 1 aromatic carbocycles. The Bertz CT molecular complexity index is 571. The van der Waals surface area contributed by atoms with E-state index >= 15 is 0 Å². The molecule has 2 aromatic rings. The average molecular weight is 255 g/mol. The molecule has 0 amide bonds. The van der Waals surface area contributed by atoms with Crippen molar-refractivity contribution in [2.75, 3.05) is 0 Å². The van der Waals surface area contributed by atoms with Gasteiger partial charge >= 0.3 is 0 Å². The maximum Gasteiger partial charge on any atom is 0.112 e. The molecular weight excluding hydrogens is 234 g/mol. The van der Waals surface area contributed by atoms with E-state index in [-0.39, 0.29) is 6.04 Å². The summed E-state index contributed by atoms with van der Waals surface area (Å²) in [4.78, 5) is 4.91. The number of hydrogen-bond donors (Lipinski definition) is 1. The summed E-state index contributed by atoms with van der Waals surface area (Å²) in [6.45, 7) is 5.33. The molecule has 1 aliphatic heterocycles. The molecular formula is C16H21N3. The van der Waals surface area contributed by atoms with Crippen LogP contribution in [-0.4, -0.2) is 15.6 Å². The van der Waals surface area contributed by atoms with Crippen LogP contribution in [0.1, 0.15) is 37.7 Å². The highest BCUT2D eigenvalue weighted by molar-refractivity contribution is 5.62. The van der Waals surface area contributed by atoms with Crippen LogP contribution in [0.5, 0.6) is 0 Å². The molecule has 0 saturated heterocycles. The Morgan fingerprint density at radius 3 is 2.74 bits per heavy atom. The van der Waals surface area contributed by atoms with Gasteiger partial charge in [0.05, 0.1) is 5.69 Å². The molecule has 0 aliphatic carbocycles. The Morgan fingerprint density at radius 1 is 1.32 bits per heavy atom. The predicted octanol–water partition coefficient (Wildman–Crippen LogP) is 2.95. The minimum absolute atomic E-state index is 0.255. The highest BCUT2D eigenvalue weighted by Crippen LogP contribution is 2.32. The second-order valence-corrected chi connectivity index (χ2v) is 5.49. The molecule has 0 saturated carbocycles. The molecule has 3 nitrogen and oxygen atoms in total. The Kier molecular flexibility index (Phi) is 3.15. The van der Waals surface area contributed by atoms with Gasteiger partial charge in [-0.25, -0.2) is 4.98 Å². The third kappa shape index (κ3) is 2.08. The van der Waals surface area contributed by atoms with Crippen LogP contribution in [0.2, 0.25) is 0 Å². The molecule has 1 aliphatic rings. The van der Waals surface area contributed by atoms with E-state index in [9.17, 15) is 0 Å². The third-order valence-corrected chi connectivity index (χ3v) is 4.00. The summed E-state index contributed by atoms with van der Waals surface area (Å²) in [5, 5.41) is 0. The van der Waals surface area contributed by atoms with Gasteiger partial charge in [0.1, 0.15) is 5.82 Å². The number of benzene rings is 1. The molecule has 3 heteroatoms. The van der Waals surface area contributed by atoms with Crippen molar-refractivity contribution in [2.45, 2.75) is 45.2 Å². The van der Waals surface area contributed by atoms with E-state index in [1.807, 2.05) is 6.07 Å². The maximum atomic E-state index is 6.16. The van der Waals surface area contributed by atoms with Gasteiger partial charge in [0.25, 0.3) is 0 Å². The molecule has 0 fully saturated rings. The smallest absolute Gasteiger partial charge is 0.112 e. The molecule has 100 valence electrons. The molecule has 2 heterocycles. The molecule has 2 unspecified atom stereocenters. The average Bonchev–Trinajstić information content (AvgIpc) is 2.78. The summed E-state index contributed by atoms with van der Waals surface area (Å²) in [6.07, 6.45) is 2.03. The highest BCUT2D eigenvalue weighted by atomic mass is 15.1. The van der Waals surface area contributed by atoms with E-state index in [0.29, 0.717) is 5.92 Å². The maximum absolute atomic E-state index is 6.16. The molecule has 3 rings (SSSR count). The second kappa shape index (κ2) is 4.82. The van der Waals surface area contributed by atoms with Crippen LogP contribution in [0.3, 0.4) is 0 Å². The van der Waals surface area contributed by atoms with Crippen molar-refractivity contribution in [3.63, 3.8) is 0 Å². The third-order valence-electron chi connectivity index (χ3n) is 4.00. The minimum Gasteiger partial charge on any atom is -0.330 e. The number of fused-ring (bicyclic) bond motifs is 1. The van der Waals surface area contributed by atoms with Crippen molar-refractivity contribution >= 4 is 0 Å². The van der Waals surface area contributed by atoms with E-state index in [0.717, 1.165) is 25.1 Å². The molecule has 19 heavy (non-hydrogen) atoms. The van der Waals surface area contributed by atoms with E-state index in [1.54, 1.807) is 0 Å². The van der Waals surface area contributed by atoms with Gasteiger partial charge in [0, 0.05) is 29.8 Å². The zero-order chi connectivity index (χ0) is 13.4. The van der Waals surface area contributed by atoms with Crippen molar-refractivity contribution in [3.8, 4) is 11.3 Å². The first-order valence-corrected chi connectivity index (χ1v) is 7.11. The van der Waals surface area contributed by atoms with Crippen molar-refractivity contribution in [2.24, 2.45) is 5.73 Å². The highest BCUT2D eigenvalue weighted by Gasteiger charge is 2.27. The van der Waals surface area contributed by atoms with Crippen LogP contribution in [0.25, 0.3) is 11.3 Å². The first-order chi connectivity index (χ1) is 9.20. The quantitative estimate of drug-likeness (QED) is 0.896. The zero-order valence-electron chi connectivity index (χ0n) is 11.6. The largest absolute Gasteiger partial charge is 0.330 e. The molecule has 2 N–H and O–H groups in total. The van der Waals surface area contributed by atoms with E-state index < -0.39 is 0 Å². The Morgan fingerprint density at radius 2 is 2.05 bits per heavy atom. The van der Waals surface area contributed by atoms with Gasteiger partial charge in [0.15, 0.2) is 0 Å². The number of aromatic nitrogens is 2. The summed E-state index contributed by atoms with van der Waals surface area (Å²) in [7, 11) is 0. The lowest BCUT2D eigenvalue weighted by molar-refractivity contribution is 0.400. The molecule has 0 bridgehead atoms. The summed E-state index contributed by atoms with van der Waals surface area (Å²) in [5.41, 5.74) is 9.83. The predicted molar refractivity (Wildman–Crippen MR) is 78.0 cm³/mol. The van der Waals surface area contributed by atoms with Gasteiger partial charge in [-0.2, -0.15) is 0 Å². The first kappa shape index (κ1) is 12.4. The molecule has 1 aromatic heterocycles. The zero-order valence-corrected chi connectivity index (χ0v) is 11.6. The van der Waals surface area contributed by atoms with Crippen LogP contribution in [0, 0.1) is 0 Å². The number of hydrogen-bond acceptors (Lipinski definition) is 2. The van der Waals surface area contributed by atoms with Crippen LogP contribution in [-0.2, 0) is 13.0 Å². The van der Waals surface area contributed by atoms with Crippen molar-refractivity contribution in [3.05, 3.63) is 41.9 Å². The van der Waals surface area contributed by atoms with Gasteiger partial charge in [-0.3, -0.25) is 0 Å². The van der Waals surface area contributed by atoms with Gasteiger partial charge in [-0.1, -0.05) is 44.2 Å². The lowest BCUT2D eigenvalue weighted by Gasteiger charge is -2.26. The fraction of sp³-hybridized carbons (Fsp3) is 0.438. The minimum atomic E-state index is 0.255. The summed E-state index contributed by atoms with van der Waals surface area (Å²) in [6, 6.07) is 10.7. The number of nitrogens with zero attached hydrogens (tertiary/aromatic N) is 2. The normalized spacial score (nSPS) is 22.3. The molecule has 0 spiro atoms. The topological polar surface area (TPSA) is 43.8 Å². The van der Waals surface area contributed by atoms with Gasteiger partial charge in [-0.05, 0) is 12.8 Å². The van der Waals surface area contributed by atoms with Gasteiger partial charge in [0.2, 0.25) is 0 Å². The summed E-state index contributed by atoms with van der Waals surface area (Å²) >= 11 is 0. The fourth-order valence-electron chi connectivity index (χ4n) is 3.14. The SMILES string of the molecule is CCc1c(-c2ccccc2)nc2n1CC(N)CC2C. The lowest BCUT2D eigenvalue weighted by atomic mass is 9.97. The lowest BCUT2D eigenvalue weighted by Crippen LogP contribution is -2.34. The number of rotatable bonds is 2. The molecule has 0 radical (unpaired) electrons. The van der Waals surface area contributed by atoms with Crippen molar-refractivity contribution < 1.29 is 0 Å². The summed E-state index contributed by atoms with van der Waals surface area (Å²) < 4.78 is 2.35. The van der Waals surface area contributed by atoms with Crippen molar-refractivity contribution in [1.82, 2.24) is 9.55 Å². The molecule has 2 atom stereocenters. The Labute approximate surface area is 114 Å². The van der Waals surface area contributed by atoms with Gasteiger partial charge in [-0.15, -0.1) is 0 Å². The van der Waals surface area contributed by atoms with Crippen LogP contribution < -0.4 is 5.73 Å². The standard InChI is InChI=1S/C16H21N3/c1-3-14-15(12-7-5-4-6-8-12)18-16-11(2)9-13(17)10-19(14)16/h4-8,11,13H,3,9-10,17H2,1-2H3. The summed E-state index contributed by atoms with van der Waals surface area (Å²) in [5.74, 6) is 1.66. The Balaban J connectivity index is 2.15. The monoisotopic (exact) mass is 255 g/mol. The van der Waals surface area contributed by atoms with E-state index in [1.165, 1.54) is 17.1 Å². The van der Waals surface area contributed by atoms with E-state index in [4.69, 9.17) is 10.7 Å².